The topological polar surface area (TPSA) is 80.0 Å². The van der Waals surface area contributed by atoms with Crippen LogP contribution in [0.1, 0.15) is 47.8 Å². The quantitative estimate of drug-likeness (QED) is 0.817. The van der Waals surface area contributed by atoms with Gasteiger partial charge < -0.3 is 14.5 Å². The second-order valence-electron chi connectivity index (χ2n) is 7.44. The van der Waals surface area contributed by atoms with E-state index in [4.69, 9.17) is 4.74 Å². The molecule has 0 radical (unpaired) electrons. The van der Waals surface area contributed by atoms with Gasteiger partial charge in [0, 0.05) is 46.0 Å². The molecule has 0 aromatic carbocycles. The van der Waals surface area contributed by atoms with Crippen molar-refractivity contribution in [2.24, 2.45) is 5.92 Å². The lowest BCUT2D eigenvalue weighted by atomic mass is 9.98. The minimum Gasteiger partial charge on any atom is -0.381 e. The second-order valence-corrected chi connectivity index (χ2v) is 7.44. The fourth-order valence-corrected chi connectivity index (χ4v) is 4.07. The number of nitrogens with zero attached hydrogens (tertiary/aromatic N) is 5. The lowest BCUT2D eigenvalue weighted by Crippen LogP contribution is -2.38. The Morgan fingerprint density at radius 1 is 1.22 bits per heavy atom. The number of aromatic nitrogens is 3. The van der Waals surface area contributed by atoms with Crippen LogP contribution >= 0.6 is 0 Å². The van der Waals surface area contributed by atoms with E-state index in [1.807, 2.05) is 11.0 Å². The number of amides is 2. The molecule has 2 aliphatic heterocycles. The molecule has 0 aliphatic carbocycles. The number of carbonyl (C=O) groups excluding carboxylic acids is 2. The number of ether oxygens (including phenoxy) is 1. The van der Waals surface area contributed by atoms with Crippen molar-refractivity contribution < 1.29 is 14.3 Å². The van der Waals surface area contributed by atoms with Gasteiger partial charge in [0.25, 0.3) is 5.91 Å². The maximum atomic E-state index is 13.1. The molecule has 0 saturated carbocycles. The summed E-state index contributed by atoms with van der Waals surface area (Å²) in [5.74, 6) is 0.124. The van der Waals surface area contributed by atoms with Gasteiger partial charge in [-0.05, 0) is 31.7 Å². The van der Waals surface area contributed by atoms with E-state index in [9.17, 15) is 9.59 Å². The van der Waals surface area contributed by atoms with Crippen LogP contribution in [0.4, 0.5) is 0 Å². The molecule has 8 heteroatoms. The fourth-order valence-electron chi connectivity index (χ4n) is 4.07. The molecule has 1 atom stereocenters. The van der Waals surface area contributed by atoms with Crippen molar-refractivity contribution in [3.05, 3.63) is 29.7 Å². The zero-order chi connectivity index (χ0) is 19.0. The number of carbonyl (C=O) groups is 2. The Labute approximate surface area is 158 Å². The predicted octanol–water partition coefficient (Wildman–Crippen LogP) is 1.52. The molecule has 2 saturated heterocycles. The lowest BCUT2D eigenvalue weighted by molar-refractivity contribution is -0.139. The summed E-state index contributed by atoms with van der Waals surface area (Å²) in [5, 5.41) is 4.42. The normalized spacial score (nSPS) is 21.0. The van der Waals surface area contributed by atoms with Crippen molar-refractivity contribution >= 4 is 17.5 Å². The zero-order valence-corrected chi connectivity index (χ0v) is 15.8. The smallest absolute Gasteiger partial charge is 0.258 e. The summed E-state index contributed by atoms with van der Waals surface area (Å²) in [6.07, 6.45) is 6.70. The third kappa shape index (κ3) is 3.18. The summed E-state index contributed by atoms with van der Waals surface area (Å²) in [5.41, 5.74) is 1.93. The number of fused-ring (bicyclic) bond motifs is 1. The van der Waals surface area contributed by atoms with Crippen LogP contribution < -0.4 is 0 Å². The van der Waals surface area contributed by atoms with Crippen LogP contribution in [-0.4, -0.2) is 70.1 Å². The highest BCUT2D eigenvalue weighted by atomic mass is 16.5. The van der Waals surface area contributed by atoms with Gasteiger partial charge in [0.2, 0.25) is 5.91 Å². The van der Waals surface area contributed by atoms with Crippen LogP contribution in [-0.2, 0) is 9.53 Å². The van der Waals surface area contributed by atoms with E-state index in [1.165, 1.54) is 4.90 Å². The van der Waals surface area contributed by atoms with Crippen LogP contribution in [0.2, 0.25) is 0 Å². The summed E-state index contributed by atoms with van der Waals surface area (Å²) in [6, 6.07) is 1.87. The monoisotopic (exact) mass is 371 g/mol. The van der Waals surface area contributed by atoms with Crippen LogP contribution in [0.25, 0.3) is 5.65 Å². The summed E-state index contributed by atoms with van der Waals surface area (Å²) in [7, 11) is 3.42. The van der Waals surface area contributed by atoms with Crippen molar-refractivity contribution in [2.75, 3.05) is 33.9 Å². The molecule has 27 heavy (non-hydrogen) atoms. The van der Waals surface area contributed by atoms with Crippen LogP contribution in [0.5, 0.6) is 0 Å². The Morgan fingerprint density at radius 2 is 2.00 bits per heavy atom. The van der Waals surface area contributed by atoms with Crippen molar-refractivity contribution in [3.8, 4) is 0 Å². The molecular weight excluding hydrogens is 346 g/mol. The molecule has 2 aliphatic rings. The molecule has 144 valence electrons. The third-order valence-electron chi connectivity index (χ3n) is 5.51. The molecule has 0 spiro atoms. The molecule has 0 N–H and O–H groups in total. The number of rotatable bonds is 3. The summed E-state index contributed by atoms with van der Waals surface area (Å²) in [4.78, 5) is 33.3. The molecule has 4 heterocycles. The first-order valence-corrected chi connectivity index (χ1v) is 9.50. The van der Waals surface area contributed by atoms with E-state index in [1.54, 1.807) is 31.0 Å². The molecule has 2 fully saturated rings. The van der Waals surface area contributed by atoms with Gasteiger partial charge in [-0.1, -0.05) is 0 Å². The Balaban J connectivity index is 1.66. The molecule has 2 aromatic heterocycles. The van der Waals surface area contributed by atoms with E-state index >= 15 is 0 Å². The van der Waals surface area contributed by atoms with Crippen molar-refractivity contribution in [1.29, 1.82) is 0 Å². The number of hydrogen-bond donors (Lipinski definition) is 0. The largest absolute Gasteiger partial charge is 0.381 e. The Hall–Kier alpha value is -2.48. The minimum atomic E-state index is -0.129. The second kappa shape index (κ2) is 7.26. The number of likely N-dealkylation sites (tertiary alicyclic amines) is 1. The van der Waals surface area contributed by atoms with E-state index in [0.29, 0.717) is 24.4 Å². The van der Waals surface area contributed by atoms with Gasteiger partial charge in [0.05, 0.1) is 17.9 Å². The van der Waals surface area contributed by atoms with E-state index in [2.05, 4.69) is 10.1 Å². The number of hydrogen-bond acceptors (Lipinski definition) is 5. The SMILES string of the molecule is CN(C)C(=O)c1cnn2c(C3CCCN3C(=O)C3CCOCC3)ccnc12. The van der Waals surface area contributed by atoms with Gasteiger partial charge in [-0.3, -0.25) is 9.59 Å². The standard InChI is InChI=1S/C19H25N5O3/c1-22(2)19(26)14-12-21-24-16(5-8-20-17(14)24)15-4-3-9-23(15)18(25)13-6-10-27-11-7-13/h5,8,12-13,15H,3-4,6-7,9-11H2,1-2H3. The first-order valence-electron chi connectivity index (χ1n) is 9.50. The highest BCUT2D eigenvalue weighted by Crippen LogP contribution is 2.34. The Kier molecular flexibility index (Phi) is 4.82. The summed E-state index contributed by atoms with van der Waals surface area (Å²) >= 11 is 0. The first-order chi connectivity index (χ1) is 13.1. The van der Waals surface area contributed by atoms with Gasteiger partial charge in [-0.25, -0.2) is 9.50 Å². The fraction of sp³-hybridized carbons (Fsp3) is 0.579. The highest BCUT2D eigenvalue weighted by Gasteiger charge is 2.36. The van der Waals surface area contributed by atoms with Crippen LogP contribution in [0.3, 0.4) is 0 Å². The van der Waals surface area contributed by atoms with Crippen molar-refractivity contribution in [3.63, 3.8) is 0 Å². The molecule has 2 amide bonds. The van der Waals surface area contributed by atoms with Gasteiger partial charge in [-0.2, -0.15) is 5.10 Å². The molecular formula is C19H25N5O3. The van der Waals surface area contributed by atoms with Gasteiger partial charge in [0.15, 0.2) is 5.65 Å². The Bertz CT molecular complexity index is 856. The maximum absolute atomic E-state index is 13.1. The van der Waals surface area contributed by atoms with E-state index in [-0.39, 0.29) is 23.8 Å². The van der Waals surface area contributed by atoms with Gasteiger partial charge in [-0.15, -0.1) is 0 Å². The lowest BCUT2D eigenvalue weighted by Gasteiger charge is -2.30. The van der Waals surface area contributed by atoms with Crippen LogP contribution in [0.15, 0.2) is 18.5 Å². The average Bonchev–Trinajstić information content (AvgIpc) is 3.34. The van der Waals surface area contributed by atoms with Crippen molar-refractivity contribution in [1.82, 2.24) is 24.4 Å². The first kappa shape index (κ1) is 17.9. The third-order valence-corrected chi connectivity index (χ3v) is 5.51. The Morgan fingerprint density at radius 3 is 2.74 bits per heavy atom. The summed E-state index contributed by atoms with van der Waals surface area (Å²) < 4.78 is 7.12. The highest BCUT2D eigenvalue weighted by molar-refractivity contribution is 5.99. The summed E-state index contributed by atoms with van der Waals surface area (Å²) in [6.45, 7) is 2.07. The molecule has 8 nitrogen and oxygen atoms in total. The molecule has 0 bridgehead atoms. The predicted molar refractivity (Wildman–Crippen MR) is 98.2 cm³/mol. The van der Waals surface area contributed by atoms with Crippen molar-refractivity contribution in [2.45, 2.75) is 31.7 Å². The molecule has 2 aromatic rings. The van der Waals surface area contributed by atoms with E-state index in [0.717, 1.165) is 37.9 Å². The molecule has 1 unspecified atom stereocenters. The minimum absolute atomic E-state index is 0.0342. The zero-order valence-electron chi connectivity index (χ0n) is 15.8. The van der Waals surface area contributed by atoms with Crippen LogP contribution in [0, 0.1) is 5.92 Å². The van der Waals surface area contributed by atoms with Gasteiger partial charge in [0.1, 0.15) is 5.56 Å². The van der Waals surface area contributed by atoms with Gasteiger partial charge >= 0.3 is 0 Å². The van der Waals surface area contributed by atoms with E-state index < -0.39 is 0 Å². The maximum Gasteiger partial charge on any atom is 0.258 e. The molecule has 4 rings (SSSR count). The average molecular weight is 371 g/mol.